The molecule has 0 spiro atoms. The standard InChI is InChI=1S/C11H21NO3/c12-10(11-8-14-5-6-15-11)7-9-1-3-13-4-2-9/h9-11H,1-8,12H2. The van der Waals surface area contributed by atoms with Gasteiger partial charge in [-0.1, -0.05) is 0 Å². The van der Waals surface area contributed by atoms with Crippen molar-refractivity contribution in [2.45, 2.75) is 31.4 Å². The normalized spacial score (nSPS) is 31.4. The molecule has 0 aromatic rings. The van der Waals surface area contributed by atoms with E-state index in [-0.39, 0.29) is 12.1 Å². The van der Waals surface area contributed by atoms with Gasteiger partial charge < -0.3 is 19.9 Å². The van der Waals surface area contributed by atoms with Crippen LogP contribution >= 0.6 is 0 Å². The van der Waals surface area contributed by atoms with Crippen LogP contribution < -0.4 is 5.73 Å². The molecule has 2 rings (SSSR count). The molecule has 2 fully saturated rings. The van der Waals surface area contributed by atoms with Crippen LogP contribution in [0, 0.1) is 5.92 Å². The molecule has 4 nitrogen and oxygen atoms in total. The van der Waals surface area contributed by atoms with Crippen molar-refractivity contribution in [2.24, 2.45) is 11.7 Å². The number of nitrogens with two attached hydrogens (primary N) is 1. The van der Waals surface area contributed by atoms with Gasteiger partial charge in [0.15, 0.2) is 0 Å². The van der Waals surface area contributed by atoms with Crippen molar-refractivity contribution in [2.75, 3.05) is 33.0 Å². The van der Waals surface area contributed by atoms with E-state index in [1.165, 1.54) is 0 Å². The minimum Gasteiger partial charge on any atom is -0.381 e. The highest BCUT2D eigenvalue weighted by atomic mass is 16.6. The van der Waals surface area contributed by atoms with Crippen LogP contribution in [0.3, 0.4) is 0 Å². The second kappa shape index (κ2) is 5.80. The van der Waals surface area contributed by atoms with Crippen LogP contribution in [0.2, 0.25) is 0 Å². The van der Waals surface area contributed by atoms with Crippen LogP contribution in [0.5, 0.6) is 0 Å². The smallest absolute Gasteiger partial charge is 0.0960 e. The van der Waals surface area contributed by atoms with Crippen molar-refractivity contribution in [1.82, 2.24) is 0 Å². The molecule has 2 aliphatic heterocycles. The van der Waals surface area contributed by atoms with Gasteiger partial charge in [-0.15, -0.1) is 0 Å². The summed E-state index contributed by atoms with van der Waals surface area (Å²) in [5, 5.41) is 0. The fourth-order valence-electron chi connectivity index (χ4n) is 2.27. The summed E-state index contributed by atoms with van der Waals surface area (Å²) in [4.78, 5) is 0. The van der Waals surface area contributed by atoms with Crippen molar-refractivity contribution in [3.63, 3.8) is 0 Å². The minimum atomic E-state index is 0.0987. The fraction of sp³-hybridized carbons (Fsp3) is 1.00. The van der Waals surface area contributed by atoms with E-state index in [2.05, 4.69) is 0 Å². The largest absolute Gasteiger partial charge is 0.381 e. The molecule has 88 valence electrons. The van der Waals surface area contributed by atoms with Crippen LogP contribution in [0.1, 0.15) is 19.3 Å². The number of ether oxygens (including phenoxy) is 3. The van der Waals surface area contributed by atoms with Gasteiger partial charge in [0.2, 0.25) is 0 Å². The average Bonchev–Trinajstić information content (AvgIpc) is 2.31. The van der Waals surface area contributed by atoms with E-state index in [1.807, 2.05) is 0 Å². The maximum Gasteiger partial charge on any atom is 0.0960 e. The molecule has 0 bridgehead atoms. The summed E-state index contributed by atoms with van der Waals surface area (Å²) in [6.07, 6.45) is 3.42. The van der Waals surface area contributed by atoms with Gasteiger partial charge in [-0.25, -0.2) is 0 Å². The number of hydrogen-bond acceptors (Lipinski definition) is 4. The van der Waals surface area contributed by atoms with Gasteiger partial charge in [-0.3, -0.25) is 0 Å². The molecule has 2 N–H and O–H groups in total. The van der Waals surface area contributed by atoms with Crippen molar-refractivity contribution < 1.29 is 14.2 Å². The first-order valence-electron chi connectivity index (χ1n) is 5.89. The first-order valence-corrected chi connectivity index (χ1v) is 5.89. The van der Waals surface area contributed by atoms with Crippen molar-refractivity contribution in [1.29, 1.82) is 0 Å². The van der Waals surface area contributed by atoms with Crippen LogP contribution in [0.25, 0.3) is 0 Å². The Labute approximate surface area is 91.1 Å². The zero-order chi connectivity index (χ0) is 10.5. The van der Waals surface area contributed by atoms with Gasteiger partial charge in [-0.05, 0) is 25.2 Å². The van der Waals surface area contributed by atoms with E-state index in [9.17, 15) is 0 Å². The molecule has 2 aliphatic rings. The van der Waals surface area contributed by atoms with E-state index in [0.29, 0.717) is 25.7 Å². The SMILES string of the molecule is NC(CC1CCOCC1)C1COCCO1. The van der Waals surface area contributed by atoms with Gasteiger partial charge in [0.25, 0.3) is 0 Å². The molecule has 2 atom stereocenters. The zero-order valence-corrected chi connectivity index (χ0v) is 9.19. The Morgan fingerprint density at radius 2 is 1.87 bits per heavy atom. The van der Waals surface area contributed by atoms with Crippen LogP contribution in [-0.4, -0.2) is 45.2 Å². The van der Waals surface area contributed by atoms with Crippen LogP contribution in [0.4, 0.5) is 0 Å². The predicted molar refractivity (Wildman–Crippen MR) is 56.7 cm³/mol. The quantitative estimate of drug-likeness (QED) is 0.747. The second-order valence-electron chi connectivity index (χ2n) is 4.44. The molecule has 0 saturated carbocycles. The molecule has 0 aliphatic carbocycles. The molecule has 0 aromatic heterocycles. The topological polar surface area (TPSA) is 53.7 Å². The minimum absolute atomic E-state index is 0.0987. The van der Waals surface area contributed by atoms with Gasteiger partial charge in [0, 0.05) is 19.3 Å². The predicted octanol–water partition coefficient (Wildman–Crippen LogP) is 0.546. The first kappa shape index (κ1) is 11.3. The van der Waals surface area contributed by atoms with E-state index in [4.69, 9.17) is 19.9 Å². The van der Waals surface area contributed by atoms with E-state index in [1.54, 1.807) is 0 Å². The summed E-state index contributed by atoms with van der Waals surface area (Å²) < 4.78 is 16.3. The molecule has 4 heteroatoms. The van der Waals surface area contributed by atoms with E-state index in [0.717, 1.165) is 32.5 Å². The molecule has 15 heavy (non-hydrogen) atoms. The van der Waals surface area contributed by atoms with Gasteiger partial charge in [0.05, 0.1) is 25.9 Å². The average molecular weight is 215 g/mol. The van der Waals surface area contributed by atoms with Crippen molar-refractivity contribution in [3.8, 4) is 0 Å². The Hall–Kier alpha value is -0.160. The molecular formula is C11H21NO3. The fourth-order valence-corrected chi connectivity index (χ4v) is 2.27. The molecule has 2 saturated heterocycles. The van der Waals surface area contributed by atoms with Gasteiger partial charge >= 0.3 is 0 Å². The molecule has 0 radical (unpaired) electrons. The monoisotopic (exact) mass is 215 g/mol. The summed E-state index contributed by atoms with van der Waals surface area (Å²) in [6, 6.07) is 0.119. The molecule has 0 amide bonds. The lowest BCUT2D eigenvalue weighted by Crippen LogP contribution is -2.45. The summed E-state index contributed by atoms with van der Waals surface area (Å²) >= 11 is 0. The second-order valence-corrected chi connectivity index (χ2v) is 4.44. The van der Waals surface area contributed by atoms with Crippen LogP contribution in [0.15, 0.2) is 0 Å². The van der Waals surface area contributed by atoms with Crippen molar-refractivity contribution >= 4 is 0 Å². The molecule has 2 heterocycles. The number of hydrogen-bond donors (Lipinski definition) is 1. The van der Waals surface area contributed by atoms with Gasteiger partial charge in [0.1, 0.15) is 0 Å². The molecular weight excluding hydrogens is 194 g/mol. The third-order valence-corrected chi connectivity index (χ3v) is 3.27. The summed E-state index contributed by atoms with van der Waals surface area (Å²) in [5.41, 5.74) is 6.13. The maximum atomic E-state index is 6.13. The van der Waals surface area contributed by atoms with Crippen LogP contribution in [-0.2, 0) is 14.2 Å². The van der Waals surface area contributed by atoms with Crippen molar-refractivity contribution in [3.05, 3.63) is 0 Å². The Kier molecular flexibility index (Phi) is 4.38. The molecule has 0 aromatic carbocycles. The Bertz CT molecular complexity index is 177. The lowest BCUT2D eigenvalue weighted by atomic mass is 9.91. The summed E-state index contributed by atoms with van der Waals surface area (Å²) in [6.45, 7) is 3.83. The summed E-state index contributed by atoms with van der Waals surface area (Å²) in [5.74, 6) is 0.708. The highest BCUT2D eigenvalue weighted by molar-refractivity contribution is 4.79. The maximum absolute atomic E-state index is 6.13. The highest BCUT2D eigenvalue weighted by Gasteiger charge is 2.25. The lowest BCUT2D eigenvalue weighted by molar-refractivity contribution is -0.100. The van der Waals surface area contributed by atoms with E-state index < -0.39 is 0 Å². The highest BCUT2D eigenvalue weighted by Crippen LogP contribution is 2.21. The summed E-state index contributed by atoms with van der Waals surface area (Å²) in [7, 11) is 0. The third kappa shape index (κ3) is 3.41. The zero-order valence-electron chi connectivity index (χ0n) is 9.19. The third-order valence-electron chi connectivity index (χ3n) is 3.27. The Balaban J connectivity index is 1.72. The number of rotatable bonds is 3. The van der Waals surface area contributed by atoms with Gasteiger partial charge in [-0.2, -0.15) is 0 Å². The van der Waals surface area contributed by atoms with E-state index >= 15 is 0 Å². The first-order chi connectivity index (χ1) is 7.36. The lowest BCUT2D eigenvalue weighted by Gasteiger charge is -2.31. The Morgan fingerprint density at radius 3 is 2.53 bits per heavy atom. The Morgan fingerprint density at radius 1 is 1.07 bits per heavy atom. The molecule has 2 unspecified atom stereocenters.